The van der Waals surface area contributed by atoms with Gasteiger partial charge in [0.15, 0.2) is 5.11 Å². The second kappa shape index (κ2) is 7.62. The standard InChI is InChI=1S/C23H35N3OS/c27-21(26-9-3-5-19-4-1-2-6-20(19)26)7-8-24-22(28)25-23-13-16-10-17(14-23)12-18(11-16)15-23/h6,16-19H,1-5,7-15H2,(H2,24,25,28). The first-order valence-electron chi connectivity index (χ1n) is 11.7. The van der Waals surface area contributed by atoms with Gasteiger partial charge in [0.05, 0.1) is 0 Å². The predicted molar refractivity (Wildman–Crippen MR) is 116 cm³/mol. The fourth-order valence-corrected chi connectivity index (χ4v) is 7.73. The van der Waals surface area contributed by atoms with E-state index in [9.17, 15) is 4.79 Å². The Balaban J connectivity index is 1.11. The van der Waals surface area contributed by atoms with Crippen LogP contribution in [0.1, 0.15) is 77.0 Å². The number of hydrogen-bond donors (Lipinski definition) is 2. The van der Waals surface area contributed by atoms with Gasteiger partial charge in [-0.1, -0.05) is 6.08 Å². The van der Waals surface area contributed by atoms with Gasteiger partial charge in [0, 0.05) is 30.7 Å². The number of nitrogens with one attached hydrogen (secondary N) is 2. The molecule has 4 nitrogen and oxygen atoms in total. The van der Waals surface area contributed by atoms with E-state index in [1.807, 2.05) is 0 Å². The number of fused-ring (bicyclic) bond motifs is 1. The smallest absolute Gasteiger partial charge is 0.228 e. The zero-order chi connectivity index (χ0) is 19.1. The molecule has 1 atom stereocenters. The second-order valence-electron chi connectivity index (χ2n) is 10.3. The maximum Gasteiger partial charge on any atom is 0.228 e. The van der Waals surface area contributed by atoms with Crippen molar-refractivity contribution in [3.05, 3.63) is 11.8 Å². The maximum atomic E-state index is 12.8. The molecule has 1 unspecified atom stereocenters. The van der Waals surface area contributed by atoms with Crippen LogP contribution in [0.3, 0.4) is 0 Å². The van der Waals surface area contributed by atoms with Crippen molar-refractivity contribution in [2.75, 3.05) is 13.1 Å². The Kier molecular flexibility index (Phi) is 5.14. The summed E-state index contributed by atoms with van der Waals surface area (Å²) in [6.45, 7) is 1.54. The van der Waals surface area contributed by atoms with E-state index in [1.165, 1.54) is 63.5 Å². The van der Waals surface area contributed by atoms with Crippen LogP contribution in [-0.2, 0) is 4.79 Å². The summed E-state index contributed by atoms with van der Waals surface area (Å²) in [5, 5.41) is 7.83. The minimum absolute atomic E-state index is 0.246. The molecular formula is C23H35N3OS. The minimum Gasteiger partial charge on any atom is -0.362 e. The monoisotopic (exact) mass is 401 g/mol. The van der Waals surface area contributed by atoms with Crippen molar-refractivity contribution in [2.24, 2.45) is 23.7 Å². The van der Waals surface area contributed by atoms with Crippen LogP contribution < -0.4 is 10.6 Å². The highest BCUT2D eigenvalue weighted by atomic mass is 32.1. The lowest BCUT2D eigenvalue weighted by Crippen LogP contribution is -2.61. The third kappa shape index (κ3) is 3.71. The molecule has 1 saturated heterocycles. The Morgan fingerprint density at radius 1 is 1.11 bits per heavy atom. The molecule has 1 heterocycles. The van der Waals surface area contributed by atoms with Gasteiger partial charge in [-0.25, -0.2) is 0 Å². The number of amides is 1. The minimum atomic E-state index is 0.246. The Morgan fingerprint density at radius 2 is 1.79 bits per heavy atom. The van der Waals surface area contributed by atoms with Gasteiger partial charge in [-0.2, -0.15) is 0 Å². The molecule has 5 heteroatoms. The molecule has 0 spiro atoms. The summed E-state index contributed by atoms with van der Waals surface area (Å²) in [5.41, 5.74) is 1.56. The number of rotatable bonds is 4. The van der Waals surface area contributed by atoms with Crippen LogP contribution in [0.25, 0.3) is 0 Å². The molecule has 4 saturated carbocycles. The van der Waals surface area contributed by atoms with Gasteiger partial charge < -0.3 is 15.5 Å². The van der Waals surface area contributed by atoms with Crippen molar-refractivity contribution in [1.29, 1.82) is 0 Å². The molecule has 1 aliphatic heterocycles. The summed E-state index contributed by atoms with van der Waals surface area (Å²) in [5.74, 6) is 3.64. The quantitative estimate of drug-likeness (QED) is 0.696. The molecule has 1 amide bonds. The number of carbonyl (C=O) groups excluding carboxylic acids is 1. The third-order valence-corrected chi connectivity index (χ3v) is 8.36. The summed E-state index contributed by atoms with van der Waals surface area (Å²) in [7, 11) is 0. The Labute approximate surface area is 174 Å². The average Bonchev–Trinajstić information content (AvgIpc) is 2.66. The summed E-state index contributed by atoms with van der Waals surface area (Å²) >= 11 is 5.63. The largest absolute Gasteiger partial charge is 0.362 e. The van der Waals surface area contributed by atoms with E-state index in [2.05, 4.69) is 21.6 Å². The van der Waals surface area contributed by atoms with Crippen molar-refractivity contribution in [3.8, 4) is 0 Å². The average molecular weight is 402 g/mol. The van der Waals surface area contributed by atoms with Crippen molar-refractivity contribution in [3.63, 3.8) is 0 Å². The summed E-state index contributed by atoms with van der Waals surface area (Å²) < 4.78 is 0. The molecule has 2 N–H and O–H groups in total. The first kappa shape index (κ1) is 18.9. The lowest BCUT2D eigenvalue weighted by atomic mass is 9.53. The molecule has 154 valence electrons. The van der Waals surface area contributed by atoms with Gasteiger partial charge in [0.1, 0.15) is 0 Å². The number of piperidine rings is 1. The number of nitrogens with zero attached hydrogens (tertiary/aromatic N) is 1. The molecule has 5 aliphatic carbocycles. The topological polar surface area (TPSA) is 44.4 Å². The van der Waals surface area contributed by atoms with Crippen molar-refractivity contribution in [2.45, 2.75) is 82.6 Å². The third-order valence-electron chi connectivity index (χ3n) is 8.12. The zero-order valence-electron chi connectivity index (χ0n) is 17.0. The molecule has 6 rings (SSSR count). The van der Waals surface area contributed by atoms with Gasteiger partial charge in [0.25, 0.3) is 0 Å². The number of thiocarbonyl (C=S) groups is 1. The number of allylic oxidation sites excluding steroid dienone is 2. The molecular weight excluding hydrogens is 366 g/mol. The highest BCUT2D eigenvalue weighted by Crippen LogP contribution is 2.55. The molecule has 0 aromatic rings. The molecule has 0 radical (unpaired) electrons. The number of likely N-dealkylation sites (tertiary alicyclic amines) is 1. The molecule has 5 fully saturated rings. The lowest BCUT2D eigenvalue weighted by Gasteiger charge is -2.57. The number of hydrogen-bond acceptors (Lipinski definition) is 2. The van der Waals surface area contributed by atoms with Gasteiger partial charge >= 0.3 is 0 Å². The van der Waals surface area contributed by atoms with Gasteiger partial charge in [-0.05, 0) is 107 Å². The molecule has 0 aromatic heterocycles. The molecule has 4 bridgehead atoms. The SMILES string of the molecule is O=C(CCNC(=S)NC12CC3CC(CC(C3)C1)C2)N1CCCC2CCCC=C21. The van der Waals surface area contributed by atoms with Crippen LogP contribution in [0.15, 0.2) is 11.8 Å². The van der Waals surface area contributed by atoms with E-state index in [0.29, 0.717) is 18.9 Å². The van der Waals surface area contributed by atoms with E-state index < -0.39 is 0 Å². The Hall–Kier alpha value is -1.10. The van der Waals surface area contributed by atoms with Crippen LogP contribution >= 0.6 is 12.2 Å². The lowest BCUT2D eigenvalue weighted by molar-refractivity contribution is -0.130. The van der Waals surface area contributed by atoms with Crippen LogP contribution in [0, 0.1) is 23.7 Å². The van der Waals surface area contributed by atoms with Gasteiger partial charge in [0.2, 0.25) is 5.91 Å². The van der Waals surface area contributed by atoms with Crippen molar-refractivity contribution >= 4 is 23.2 Å². The summed E-state index contributed by atoms with van der Waals surface area (Å²) in [4.78, 5) is 14.9. The maximum absolute atomic E-state index is 12.8. The summed E-state index contributed by atoms with van der Waals surface area (Å²) in [6.07, 6.45) is 17.1. The van der Waals surface area contributed by atoms with E-state index in [1.54, 1.807) is 0 Å². The van der Waals surface area contributed by atoms with E-state index in [0.717, 1.165) is 42.3 Å². The molecule has 6 aliphatic rings. The van der Waals surface area contributed by atoms with Crippen molar-refractivity contribution < 1.29 is 4.79 Å². The predicted octanol–water partition coefficient (Wildman–Crippen LogP) is 4.12. The second-order valence-corrected chi connectivity index (χ2v) is 10.7. The molecule has 0 aromatic carbocycles. The first-order chi connectivity index (χ1) is 13.6. The van der Waals surface area contributed by atoms with E-state index in [4.69, 9.17) is 12.2 Å². The zero-order valence-corrected chi connectivity index (χ0v) is 17.9. The first-order valence-corrected chi connectivity index (χ1v) is 12.1. The van der Waals surface area contributed by atoms with Crippen LogP contribution in [0.4, 0.5) is 0 Å². The molecule has 28 heavy (non-hydrogen) atoms. The van der Waals surface area contributed by atoms with Gasteiger partial charge in [-0.15, -0.1) is 0 Å². The van der Waals surface area contributed by atoms with Crippen LogP contribution in [0.5, 0.6) is 0 Å². The summed E-state index contributed by atoms with van der Waals surface area (Å²) in [6, 6.07) is 0. The fraction of sp³-hybridized carbons (Fsp3) is 0.826. The van der Waals surface area contributed by atoms with Crippen LogP contribution in [-0.4, -0.2) is 34.5 Å². The highest BCUT2D eigenvalue weighted by molar-refractivity contribution is 7.80. The van der Waals surface area contributed by atoms with Gasteiger partial charge in [-0.3, -0.25) is 4.79 Å². The highest BCUT2D eigenvalue weighted by Gasteiger charge is 2.51. The van der Waals surface area contributed by atoms with Crippen molar-refractivity contribution in [1.82, 2.24) is 15.5 Å². The number of carbonyl (C=O) groups is 1. The Bertz CT molecular complexity index is 637. The fourth-order valence-electron chi connectivity index (χ4n) is 7.41. The van der Waals surface area contributed by atoms with Crippen LogP contribution in [0.2, 0.25) is 0 Å². The normalized spacial score (nSPS) is 38.6. The van der Waals surface area contributed by atoms with E-state index >= 15 is 0 Å². The Morgan fingerprint density at radius 3 is 2.50 bits per heavy atom. The van der Waals surface area contributed by atoms with E-state index in [-0.39, 0.29) is 11.4 Å².